The Morgan fingerprint density at radius 1 is 1.08 bits per heavy atom. The molecule has 0 saturated carbocycles. The van der Waals surface area contributed by atoms with Gasteiger partial charge in [0.1, 0.15) is 11.4 Å². The maximum absolute atomic E-state index is 12.8. The van der Waals surface area contributed by atoms with E-state index < -0.39 is 0 Å². The molecule has 26 heavy (non-hydrogen) atoms. The number of nitrogens with two attached hydrogens (primary N) is 2. The third-order valence-corrected chi connectivity index (χ3v) is 4.98. The largest absolute Gasteiger partial charge is 0.486 e. The van der Waals surface area contributed by atoms with Gasteiger partial charge in [0.15, 0.2) is 5.78 Å². The van der Waals surface area contributed by atoms with Crippen molar-refractivity contribution in [2.45, 2.75) is 44.8 Å². The summed E-state index contributed by atoms with van der Waals surface area (Å²) in [6, 6.07) is 12.6. The van der Waals surface area contributed by atoms with E-state index >= 15 is 0 Å². The topological polar surface area (TPSA) is 90.4 Å². The summed E-state index contributed by atoms with van der Waals surface area (Å²) >= 11 is 0. The number of carbonyl (C=O) groups is 1. The van der Waals surface area contributed by atoms with Crippen LogP contribution in [0.25, 0.3) is 0 Å². The molecule has 3 rings (SSSR count). The minimum Gasteiger partial charge on any atom is -0.486 e. The van der Waals surface area contributed by atoms with E-state index in [1.165, 1.54) is 12.8 Å². The van der Waals surface area contributed by atoms with Crippen molar-refractivity contribution in [2.24, 2.45) is 0 Å². The van der Waals surface area contributed by atoms with E-state index in [4.69, 9.17) is 16.2 Å². The summed E-state index contributed by atoms with van der Waals surface area (Å²) in [6.45, 7) is 5.20. The van der Waals surface area contributed by atoms with Crippen LogP contribution in [0.15, 0.2) is 42.5 Å². The lowest BCUT2D eigenvalue weighted by Gasteiger charge is -2.38. The Hall–Kier alpha value is -2.53. The quantitative estimate of drug-likeness (QED) is 0.566. The van der Waals surface area contributed by atoms with E-state index in [-0.39, 0.29) is 11.4 Å². The van der Waals surface area contributed by atoms with Crippen LogP contribution in [-0.2, 0) is 0 Å². The van der Waals surface area contributed by atoms with Gasteiger partial charge in [-0.2, -0.15) is 0 Å². The minimum absolute atomic E-state index is 0.101. The van der Waals surface area contributed by atoms with Crippen molar-refractivity contribution in [1.82, 2.24) is 5.32 Å². The number of ketones is 1. The van der Waals surface area contributed by atoms with Crippen molar-refractivity contribution in [2.75, 3.05) is 18.0 Å². The van der Waals surface area contributed by atoms with Crippen LogP contribution in [0.5, 0.6) is 5.75 Å². The number of carbonyl (C=O) groups excluding carboxylic acids is 1. The van der Waals surface area contributed by atoms with Gasteiger partial charge in [0.25, 0.3) is 0 Å². The summed E-state index contributed by atoms with van der Waals surface area (Å²) in [5, 5.41) is 3.54. The number of benzene rings is 2. The Kier molecular flexibility index (Phi) is 5.18. The monoisotopic (exact) mass is 353 g/mol. The molecular weight excluding hydrogens is 326 g/mol. The van der Waals surface area contributed by atoms with Crippen LogP contribution >= 0.6 is 0 Å². The molecule has 1 heterocycles. The predicted octanol–water partition coefficient (Wildman–Crippen LogP) is 3.38. The number of nitrogens with one attached hydrogen (secondary N) is 1. The molecule has 0 radical (unpaired) electrons. The Morgan fingerprint density at radius 2 is 1.85 bits per heavy atom. The summed E-state index contributed by atoms with van der Waals surface area (Å²) in [7, 11) is 0. The van der Waals surface area contributed by atoms with Crippen LogP contribution in [-0.4, -0.2) is 24.0 Å². The molecule has 5 N–H and O–H groups in total. The lowest BCUT2D eigenvalue weighted by molar-refractivity contribution is 0.0528. The van der Waals surface area contributed by atoms with E-state index in [0.29, 0.717) is 34.3 Å². The molecule has 1 aliphatic heterocycles. The highest BCUT2D eigenvalue weighted by Crippen LogP contribution is 2.27. The first kappa shape index (κ1) is 18.3. The molecule has 2 aromatic rings. The lowest BCUT2D eigenvalue weighted by atomic mass is 9.90. The van der Waals surface area contributed by atoms with Crippen LogP contribution in [0, 0.1) is 0 Å². The Balaban J connectivity index is 1.79. The SMILES string of the molecule is CC(C)(Oc1cccc(C(=O)c2ccc(N)c(N)c2)c1)C1CCCCN1. The molecule has 5 heteroatoms. The van der Waals surface area contributed by atoms with Gasteiger partial charge in [0, 0.05) is 17.2 Å². The Morgan fingerprint density at radius 3 is 2.54 bits per heavy atom. The number of rotatable bonds is 5. The van der Waals surface area contributed by atoms with Crippen molar-refractivity contribution < 1.29 is 9.53 Å². The van der Waals surface area contributed by atoms with Gasteiger partial charge in [0.05, 0.1) is 11.4 Å². The Labute approximate surface area is 154 Å². The first-order valence-corrected chi connectivity index (χ1v) is 9.09. The van der Waals surface area contributed by atoms with Crippen molar-refractivity contribution >= 4 is 17.2 Å². The molecule has 1 fully saturated rings. The fourth-order valence-electron chi connectivity index (χ4n) is 3.40. The summed E-state index contributed by atoms with van der Waals surface area (Å²) in [4.78, 5) is 12.8. The fourth-order valence-corrected chi connectivity index (χ4v) is 3.40. The average molecular weight is 353 g/mol. The smallest absolute Gasteiger partial charge is 0.193 e. The van der Waals surface area contributed by atoms with Crippen molar-refractivity contribution in [3.8, 4) is 5.75 Å². The zero-order chi connectivity index (χ0) is 18.7. The van der Waals surface area contributed by atoms with Gasteiger partial charge < -0.3 is 21.5 Å². The van der Waals surface area contributed by atoms with Gasteiger partial charge >= 0.3 is 0 Å². The van der Waals surface area contributed by atoms with Gasteiger partial charge in [-0.3, -0.25) is 4.79 Å². The van der Waals surface area contributed by atoms with E-state index in [1.807, 2.05) is 12.1 Å². The molecule has 2 aromatic carbocycles. The normalized spacial score (nSPS) is 17.7. The summed E-state index contributed by atoms with van der Waals surface area (Å²) in [5.74, 6) is 0.590. The third-order valence-electron chi connectivity index (χ3n) is 4.98. The van der Waals surface area contributed by atoms with Gasteiger partial charge in [-0.05, 0) is 63.6 Å². The molecular formula is C21H27N3O2. The molecule has 0 amide bonds. The molecule has 0 aromatic heterocycles. The highest BCUT2D eigenvalue weighted by Gasteiger charge is 2.32. The van der Waals surface area contributed by atoms with Crippen molar-refractivity contribution in [3.63, 3.8) is 0 Å². The van der Waals surface area contributed by atoms with Gasteiger partial charge in [0.2, 0.25) is 0 Å². The molecule has 1 aliphatic rings. The number of hydrogen-bond acceptors (Lipinski definition) is 5. The average Bonchev–Trinajstić information content (AvgIpc) is 2.64. The number of ether oxygens (including phenoxy) is 1. The molecule has 1 atom stereocenters. The van der Waals surface area contributed by atoms with Crippen LogP contribution in [0.2, 0.25) is 0 Å². The molecule has 0 aliphatic carbocycles. The number of hydrogen-bond donors (Lipinski definition) is 3. The molecule has 0 bridgehead atoms. The molecule has 1 unspecified atom stereocenters. The van der Waals surface area contributed by atoms with E-state index in [2.05, 4.69) is 19.2 Å². The van der Waals surface area contributed by atoms with Gasteiger partial charge in [-0.15, -0.1) is 0 Å². The van der Waals surface area contributed by atoms with E-state index in [1.54, 1.807) is 30.3 Å². The molecule has 5 nitrogen and oxygen atoms in total. The van der Waals surface area contributed by atoms with Crippen LogP contribution in [0.4, 0.5) is 11.4 Å². The second-order valence-corrected chi connectivity index (χ2v) is 7.41. The van der Waals surface area contributed by atoms with E-state index in [0.717, 1.165) is 13.0 Å². The Bertz CT molecular complexity index is 796. The van der Waals surface area contributed by atoms with Crippen LogP contribution in [0.3, 0.4) is 0 Å². The van der Waals surface area contributed by atoms with Crippen molar-refractivity contribution in [3.05, 3.63) is 53.6 Å². The molecule has 0 spiro atoms. The fraction of sp³-hybridized carbons (Fsp3) is 0.381. The zero-order valence-corrected chi connectivity index (χ0v) is 15.4. The van der Waals surface area contributed by atoms with Crippen molar-refractivity contribution in [1.29, 1.82) is 0 Å². The lowest BCUT2D eigenvalue weighted by Crippen LogP contribution is -2.52. The standard InChI is InChI=1S/C21H27N3O2/c1-21(2,19-8-3-4-11-24-19)26-16-7-5-6-14(12-16)20(25)15-9-10-17(22)18(23)13-15/h5-7,9-10,12-13,19,24H,3-4,8,11,22-23H2,1-2H3. The van der Waals surface area contributed by atoms with Gasteiger partial charge in [-0.25, -0.2) is 0 Å². The summed E-state index contributed by atoms with van der Waals surface area (Å²) in [6.07, 6.45) is 3.51. The number of anilines is 2. The van der Waals surface area contributed by atoms with E-state index in [9.17, 15) is 4.79 Å². The first-order chi connectivity index (χ1) is 12.4. The summed E-state index contributed by atoms with van der Waals surface area (Å²) < 4.78 is 6.25. The van der Waals surface area contributed by atoms with Crippen LogP contribution < -0.4 is 21.5 Å². The highest BCUT2D eigenvalue weighted by molar-refractivity contribution is 6.10. The summed E-state index contributed by atoms with van der Waals surface area (Å²) in [5.41, 5.74) is 13.2. The number of nitrogen functional groups attached to an aromatic ring is 2. The minimum atomic E-state index is -0.353. The number of piperidine rings is 1. The second-order valence-electron chi connectivity index (χ2n) is 7.41. The predicted molar refractivity (Wildman–Crippen MR) is 105 cm³/mol. The zero-order valence-electron chi connectivity index (χ0n) is 15.4. The highest BCUT2D eigenvalue weighted by atomic mass is 16.5. The van der Waals surface area contributed by atoms with Gasteiger partial charge in [-0.1, -0.05) is 18.6 Å². The van der Waals surface area contributed by atoms with Crippen LogP contribution in [0.1, 0.15) is 49.0 Å². The molecule has 1 saturated heterocycles. The maximum atomic E-state index is 12.8. The maximum Gasteiger partial charge on any atom is 0.193 e. The molecule has 138 valence electrons. The first-order valence-electron chi connectivity index (χ1n) is 9.09. The second kappa shape index (κ2) is 7.38. The third kappa shape index (κ3) is 3.99.